The molecule has 1 unspecified atom stereocenters. The van der Waals surface area contributed by atoms with Crippen molar-refractivity contribution < 1.29 is 9.53 Å². The lowest BCUT2D eigenvalue weighted by Gasteiger charge is -2.31. The van der Waals surface area contributed by atoms with Crippen LogP contribution in [-0.2, 0) is 10.2 Å². The van der Waals surface area contributed by atoms with E-state index >= 15 is 0 Å². The Labute approximate surface area is 168 Å². The zero-order valence-corrected chi connectivity index (χ0v) is 17.4. The zero-order valence-electron chi connectivity index (χ0n) is 17.4. The van der Waals surface area contributed by atoms with E-state index in [0.29, 0.717) is 18.1 Å². The third-order valence-electron chi connectivity index (χ3n) is 5.53. The lowest BCUT2D eigenvalue weighted by molar-refractivity contribution is -0.00106. The van der Waals surface area contributed by atoms with Gasteiger partial charge >= 0.3 is 0 Å². The van der Waals surface area contributed by atoms with Crippen LogP contribution in [0.5, 0.6) is 0 Å². The maximum absolute atomic E-state index is 12.9. The summed E-state index contributed by atoms with van der Waals surface area (Å²) < 4.78 is 6.29. The molecule has 1 aliphatic carbocycles. The van der Waals surface area contributed by atoms with Gasteiger partial charge in [0.1, 0.15) is 6.23 Å². The van der Waals surface area contributed by atoms with Crippen molar-refractivity contribution in [2.24, 2.45) is 0 Å². The number of carbonyl (C=O) groups is 1. The maximum Gasteiger partial charge on any atom is 0.253 e. The van der Waals surface area contributed by atoms with Gasteiger partial charge in [-0.1, -0.05) is 56.3 Å². The molecule has 150 valence electrons. The van der Waals surface area contributed by atoms with Crippen molar-refractivity contribution >= 4 is 5.91 Å². The molecule has 1 atom stereocenters. The van der Waals surface area contributed by atoms with E-state index in [2.05, 4.69) is 48.3 Å². The molecule has 28 heavy (non-hydrogen) atoms. The average Bonchev–Trinajstić information content (AvgIpc) is 3.49. The molecule has 4 heteroatoms. The number of likely N-dealkylation sites (N-methyl/N-ethyl adjacent to an activating group) is 1. The molecule has 3 rings (SSSR count). The van der Waals surface area contributed by atoms with E-state index < -0.39 is 0 Å². The highest BCUT2D eigenvalue weighted by Gasteiger charge is 2.53. The predicted octanol–water partition coefficient (Wildman–Crippen LogP) is 4.18. The summed E-state index contributed by atoms with van der Waals surface area (Å²) in [6.07, 6.45) is 1.72. The first-order valence-electron chi connectivity index (χ1n) is 10.2. The molecule has 0 heterocycles. The van der Waals surface area contributed by atoms with Gasteiger partial charge in [0.05, 0.1) is 6.61 Å². The van der Waals surface area contributed by atoms with Gasteiger partial charge in [-0.2, -0.15) is 0 Å². The first-order chi connectivity index (χ1) is 13.4. The number of ether oxygens (including phenoxy) is 1. The highest BCUT2D eigenvalue weighted by Crippen LogP contribution is 2.53. The molecule has 1 aliphatic rings. The van der Waals surface area contributed by atoms with Crippen LogP contribution in [0.2, 0.25) is 0 Å². The molecule has 4 nitrogen and oxygen atoms in total. The van der Waals surface area contributed by atoms with Crippen LogP contribution in [0.15, 0.2) is 54.6 Å². The van der Waals surface area contributed by atoms with Gasteiger partial charge in [0.25, 0.3) is 5.91 Å². The van der Waals surface area contributed by atoms with Crippen LogP contribution in [0.1, 0.15) is 54.1 Å². The van der Waals surface area contributed by atoms with E-state index in [4.69, 9.17) is 4.74 Å². The molecule has 0 saturated heterocycles. The second kappa shape index (κ2) is 8.89. The zero-order chi connectivity index (χ0) is 20.1. The number of hydrogen-bond donors (Lipinski definition) is 1. The molecule has 0 aliphatic heterocycles. The van der Waals surface area contributed by atoms with Crippen molar-refractivity contribution in [3.8, 4) is 0 Å². The topological polar surface area (TPSA) is 41.6 Å². The van der Waals surface area contributed by atoms with E-state index in [9.17, 15) is 4.79 Å². The Balaban J connectivity index is 1.87. The second-order valence-electron chi connectivity index (χ2n) is 8.29. The Morgan fingerprint density at radius 1 is 1.07 bits per heavy atom. The van der Waals surface area contributed by atoms with Gasteiger partial charge < -0.3 is 15.0 Å². The van der Waals surface area contributed by atoms with Crippen LogP contribution in [0, 0.1) is 0 Å². The summed E-state index contributed by atoms with van der Waals surface area (Å²) in [7, 11) is 4.06. The minimum absolute atomic E-state index is 0.0799. The summed E-state index contributed by atoms with van der Waals surface area (Å²) in [5.74, 6) is 0.352. The predicted molar refractivity (Wildman–Crippen MR) is 114 cm³/mol. The monoisotopic (exact) mass is 380 g/mol. The number of amides is 1. The molecule has 1 fully saturated rings. The van der Waals surface area contributed by atoms with E-state index in [-0.39, 0.29) is 17.6 Å². The number of benzene rings is 2. The third-order valence-corrected chi connectivity index (χ3v) is 5.53. The fourth-order valence-electron chi connectivity index (χ4n) is 3.75. The van der Waals surface area contributed by atoms with Gasteiger partial charge in [0, 0.05) is 17.5 Å². The van der Waals surface area contributed by atoms with E-state index in [1.807, 2.05) is 44.4 Å². The minimum Gasteiger partial charge on any atom is -0.356 e. The largest absolute Gasteiger partial charge is 0.356 e. The van der Waals surface area contributed by atoms with Crippen molar-refractivity contribution in [3.63, 3.8) is 0 Å². The van der Waals surface area contributed by atoms with Gasteiger partial charge in [0.2, 0.25) is 0 Å². The Kier molecular flexibility index (Phi) is 6.53. The molecule has 0 radical (unpaired) electrons. The van der Waals surface area contributed by atoms with Crippen molar-refractivity contribution in [1.29, 1.82) is 0 Å². The van der Waals surface area contributed by atoms with Gasteiger partial charge in [-0.25, -0.2) is 0 Å². The molecule has 2 aromatic carbocycles. The molecule has 2 aromatic rings. The van der Waals surface area contributed by atoms with Crippen molar-refractivity contribution in [2.45, 2.75) is 44.2 Å². The molecule has 0 aromatic heterocycles. The Morgan fingerprint density at radius 2 is 1.71 bits per heavy atom. The number of nitrogens with zero attached hydrogens (tertiary/aromatic N) is 1. The molecule has 0 spiro atoms. The van der Waals surface area contributed by atoms with E-state index in [1.54, 1.807) is 0 Å². The molecule has 1 saturated carbocycles. The van der Waals surface area contributed by atoms with Crippen LogP contribution in [-0.4, -0.2) is 44.3 Å². The normalized spacial score (nSPS) is 16.2. The number of rotatable bonds is 9. The fourth-order valence-corrected chi connectivity index (χ4v) is 3.75. The first-order valence-corrected chi connectivity index (χ1v) is 10.2. The lowest BCUT2D eigenvalue weighted by Crippen LogP contribution is -2.46. The molecule has 0 bridgehead atoms. The standard InChI is InChI=1S/C24H32N2O2/c1-18(2)20-12-8-9-13-21(20)24(14-15-24)23(28-17-16-26(3)4)25-22(27)19-10-6-5-7-11-19/h5-13,18,23H,14-17H2,1-4H3,(H,25,27). The van der Waals surface area contributed by atoms with Crippen molar-refractivity contribution in [3.05, 3.63) is 71.3 Å². The van der Waals surface area contributed by atoms with Gasteiger partial charge in [-0.05, 0) is 56.1 Å². The van der Waals surface area contributed by atoms with Crippen LogP contribution >= 0.6 is 0 Å². The van der Waals surface area contributed by atoms with Crippen LogP contribution in [0.4, 0.5) is 0 Å². The molecule has 1 N–H and O–H groups in total. The average molecular weight is 381 g/mol. The maximum atomic E-state index is 12.9. The summed E-state index contributed by atoms with van der Waals surface area (Å²) in [4.78, 5) is 15.0. The molecular weight excluding hydrogens is 348 g/mol. The van der Waals surface area contributed by atoms with Crippen molar-refractivity contribution in [2.75, 3.05) is 27.2 Å². The van der Waals surface area contributed by atoms with Crippen LogP contribution in [0.25, 0.3) is 0 Å². The van der Waals surface area contributed by atoms with Crippen LogP contribution < -0.4 is 5.32 Å². The molecule has 1 amide bonds. The quantitative estimate of drug-likeness (QED) is 0.664. The fraction of sp³-hybridized carbons (Fsp3) is 0.458. The summed E-state index contributed by atoms with van der Waals surface area (Å²) in [5, 5.41) is 3.19. The SMILES string of the molecule is CC(C)c1ccccc1C1(C(NC(=O)c2ccccc2)OCCN(C)C)CC1. The second-order valence-corrected chi connectivity index (χ2v) is 8.29. The van der Waals surface area contributed by atoms with Gasteiger partial charge in [-0.15, -0.1) is 0 Å². The summed E-state index contributed by atoms with van der Waals surface area (Å²) in [5.41, 5.74) is 3.18. The van der Waals surface area contributed by atoms with E-state index in [1.165, 1.54) is 11.1 Å². The highest BCUT2D eigenvalue weighted by atomic mass is 16.5. The third kappa shape index (κ3) is 4.62. The molecular formula is C24H32N2O2. The highest BCUT2D eigenvalue weighted by molar-refractivity contribution is 5.94. The number of carbonyl (C=O) groups excluding carboxylic acids is 1. The summed E-state index contributed by atoms with van der Waals surface area (Å²) in [6.45, 7) is 5.84. The van der Waals surface area contributed by atoms with Gasteiger partial charge in [0.15, 0.2) is 0 Å². The van der Waals surface area contributed by atoms with Crippen molar-refractivity contribution in [1.82, 2.24) is 10.2 Å². The Bertz CT molecular complexity index is 782. The first kappa shape index (κ1) is 20.6. The van der Waals surface area contributed by atoms with Gasteiger partial charge in [-0.3, -0.25) is 4.79 Å². The lowest BCUT2D eigenvalue weighted by atomic mass is 9.85. The Morgan fingerprint density at radius 3 is 2.32 bits per heavy atom. The summed E-state index contributed by atoms with van der Waals surface area (Å²) >= 11 is 0. The number of nitrogens with one attached hydrogen (secondary N) is 1. The summed E-state index contributed by atoms with van der Waals surface area (Å²) in [6, 6.07) is 18.0. The smallest absolute Gasteiger partial charge is 0.253 e. The minimum atomic E-state index is -0.333. The Hall–Kier alpha value is -2.17. The van der Waals surface area contributed by atoms with Crippen LogP contribution in [0.3, 0.4) is 0 Å². The number of hydrogen-bond acceptors (Lipinski definition) is 3. The van der Waals surface area contributed by atoms with E-state index in [0.717, 1.165) is 19.4 Å².